The van der Waals surface area contributed by atoms with Crippen molar-refractivity contribution in [3.05, 3.63) is 58.0 Å². The van der Waals surface area contributed by atoms with Crippen molar-refractivity contribution in [3.63, 3.8) is 0 Å². The number of amides is 1. The van der Waals surface area contributed by atoms with Gasteiger partial charge in [-0.05, 0) is 44.4 Å². The first-order valence-corrected chi connectivity index (χ1v) is 13.4. The minimum atomic E-state index is 0.00429. The summed E-state index contributed by atoms with van der Waals surface area (Å²) in [7, 11) is 1.99. The molecular weight excluding hydrogens is 500 g/mol. The summed E-state index contributed by atoms with van der Waals surface area (Å²) in [6.45, 7) is 10.7. The van der Waals surface area contributed by atoms with E-state index >= 15 is 0 Å². The number of nitrogens with one attached hydrogen (secondary N) is 1. The zero-order valence-corrected chi connectivity index (χ0v) is 22.8. The minimum Gasteiger partial charge on any atom is -0.398 e. The number of aryl methyl sites for hydroxylation is 2. The molecule has 4 heterocycles. The van der Waals surface area contributed by atoms with Crippen molar-refractivity contribution < 1.29 is 4.79 Å². The van der Waals surface area contributed by atoms with Gasteiger partial charge in [0.25, 0.3) is 0 Å². The van der Waals surface area contributed by atoms with Gasteiger partial charge in [-0.1, -0.05) is 18.2 Å². The Morgan fingerprint density at radius 1 is 1.29 bits per heavy atom. The van der Waals surface area contributed by atoms with E-state index in [1.165, 1.54) is 23.5 Å². The quantitative estimate of drug-likeness (QED) is 0.293. The maximum atomic E-state index is 12.0. The number of nitrogens with two attached hydrogens (primary N) is 1. The molecule has 0 unspecified atom stereocenters. The highest BCUT2D eigenvalue weighted by molar-refractivity contribution is 6.35. The molecule has 2 aliphatic heterocycles. The number of halogens is 1. The summed E-state index contributed by atoms with van der Waals surface area (Å²) < 4.78 is 4.10. The number of nitrogen functional groups attached to an aromatic ring is 1. The smallest absolute Gasteiger partial charge is 0.245 e. The summed E-state index contributed by atoms with van der Waals surface area (Å²) >= 11 is 6.95. The number of hydrogen-bond donors (Lipinski definition) is 2. The summed E-state index contributed by atoms with van der Waals surface area (Å²) in [5.41, 5.74) is 13.8. The molecule has 0 atom stereocenters. The monoisotopic (exact) mass is 532 g/mol. The molecule has 6 rings (SSSR count). The SMILES string of the molecule is C=CC(=O)N1CC2(CC(n3nc(N4CCc5c(cnn5C)C4)c(-c4c(Cl)c(C)cc(N)c4C=N)c3C)C2)C1. The average Bonchev–Trinajstić information content (AvgIpc) is 3.38. The van der Waals surface area contributed by atoms with Gasteiger partial charge in [-0.25, -0.2) is 0 Å². The molecule has 1 saturated heterocycles. The van der Waals surface area contributed by atoms with Crippen LogP contribution in [0.25, 0.3) is 11.1 Å². The molecule has 2 fully saturated rings. The van der Waals surface area contributed by atoms with Crippen LogP contribution in [0.5, 0.6) is 0 Å². The lowest BCUT2D eigenvalue weighted by Crippen LogP contribution is -2.63. The Kier molecular flexibility index (Phi) is 5.68. The van der Waals surface area contributed by atoms with Crippen LogP contribution in [0.15, 0.2) is 24.9 Å². The zero-order valence-electron chi connectivity index (χ0n) is 22.1. The fourth-order valence-corrected chi connectivity index (χ4v) is 6.95. The Morgan fingerprint density at radius 2 is 2.03 bits per heavy atom. The molecule has 198 valence electrons. The number of benzene rings is 1. The Hall–Kier alpha value is -3.59. The van der Waals surface area contributed by atoms with E-state index in [2.05, 4.69) is 28.2 Å². The lowest BCUT2D eigenvalue weighted by Gasteiger charge is -2.58. The molecule has 3 N–H and O–H groups in total. The predicted octanol–water partition coefficient (Wildman–Crippen LogP) is 4.05. The minimum absolute atomic E-state index is 0.00429. The molecule has 3 aliphatic rings. The normalized spacial score (nSPS) is 18.2. The number of fused-ring (bicyclic) bond motifs is 1. The van der Waals surface area contributed by atoms with Gasteiger partial charge in [0, 0.05) is 90.6 Å². The van der Waals surface area contributed by atoms with Gasteiger partial charge in [-0.15, -0.1) is 0 Å². The average molecular weight is 533 g/mol. The van der Waals surface area contributed by atoms with Crippen molar-refractivity contribution >= 4 is 35.2 Å². The lowest BCUT2D eigenvalue weighted by atomic mass is 9.60. The van der Waals surface area contributed by atoms with Crippen LogP contribution in [0.3, 0.4) is 0 Å². The van der Waals surface area contributed by atoms with Gasteiger partial charge in [-0.3, -0.25) is 14.2 Å². The third kappa shape index (κ3) is 3.59. The Morgan fingerprint density at radius 3 is 2.71 bits per heavy atom. The van der Waals surface area contributed by atoms with Crippen molar-refractivity contribution in [1.29, 1.82) is 5.41 Å². The number of likely N-dealkylation sites (tertiary alicyclic amines) is 1. The molecule has 0 radical (unpaired) electrons. The molecule has 10 heteroatoms. The van der Waals surface area contributed by atoms with Crippen LogP contribution in [0, 0.1) is 24.7 Å². The molecule has 0 bridgehead atoms. The lowest BCUT2D eigenvalue weighted by molar-refractivity contribution is -0.149. The Labute approximate surface area is 227 Å². The van der Waals surface area contributed by atoms with E-state index in [1.54, 1.807) is 0 Å². The first kappa shape index (κ1) is 24.7. The number of rotatable bonds is 5. The van der Waals surface area contributed by atoms with E-state index < -0.39 is 0 Å². The Balaban J connectivity index is 1.41. The van der Waals surface area contributed by atoms with Gasteiger partial charge in [-0.2, -0.15) is 10.2 Å². The van der Waals surface area contributed by atoms with Crippen molar-refractivity contribution in [2.24, 2.45) is 12.5 Å². The molecule has 1 spiro atoms. The number of carbonyl (C=O) groups is 1. The second-order valence-electron chi connectivity index (χ2n) is 11.1. The highest BCUT2D eigenvalue weighted by atomic mass is 35.5. The molecule has 1 aliphatic carbocycles. The summed E-state index contributed by atoms with van der Waals surface area (Å²) in [5.74, 6) is 0.870. The first-order chi connectivity index (χ1) is 18.2. The second-order valence-corrected chi connectivity index (χ2v) is 11.5. The number of aromatic nitrogens is 4. The molecule has 9 nitrogen and oxygen atoms in total. The number of nitrogens with zero attached hydrogens (tertiary/aromatic N) is 6. The highest BCUT2D eigenvalue weighted by Gasteiger charge is 2.54. The van der Waals surface area contributed by atoms with Crippen LogP contribution >= 0.6 is 11.6 Å². The number of carbonyl (C=O) groups excluding carboxylic acids is 1. The van der Waals surface area contributed by atoms with Crippen molar-refractivity contribution in [2.75, 3.05) is 30.3 Å². The number of anilines is 2. The summed E-state index contributed by atoms with van der Waals surface area (Å²) in [6, 6.07) is 2.07. The fourth-order valence-electron chi connectivity index (χ4n) is 6.70. The predicted molar refractivity (Wildman–Crippen MR) is 150 cm³/mol. The molecule has 2 aromatic heterocycles. The van der Waals surface area contributed by atoms with Gasteiger partial charge in [0.05, 0.1) is 17.3 Å². The van der Waals surface area contributed by atoms with Crippen LogP contribution in [0.4, 0.5) is 11.5 Å². The van der Waals surface area contributed by atoms with E-state index in [0.717, 1.165) is 67.1 Å². The van der Waals surface area contributed by atoms with Gasteiger partial charge in [0.1, 0.15) is 0 Å². The zero-order chi connectivity index (χ0) is 26.9. The van der Waals surface area contributed by atoms with E-state index in [0.29, 0.717) is 22.8 Å². The van der Waals surface area contributed by atoms with Crippen LogP contribution in [0.2, 0.25) is 5.02 Å². The molecular formula is C28H33ClN8O. The summed E-state index contributed by atoms with van der Waals surface area (Å²) in [5, 5.41) is 18.5. The van der Waals surface area contributed by atoms with Crippen molar-refractivity contribution in [3.8, 4) is 11.1 Å². The standard InChI is InChI=1S/C28H33ClN8O/c1-5-23(38)36-14-28(15-36)9-19(10-28)37-17(3)24(25-20(11-30)21(31)8-16(2)26(25)29)27(33-37)35-7-6-22-18(13-35)12-32-34(22)4/h5,8,11-12,19,30H,1,6-7,9-10,13-15,31H2,2-4H3. The van der Waals surface area contributed by atoms with Crippen molar-refractivity contribution in [1.82, 2.24) is 24.5 Å². The second kappa shape index (κ2) is 8.73. The maximum absolute atomic E-state index is 12.0. The third-order valence-electron chi connectivity index (χ3n) is 8.69. The topological polar surface area (TPSA) is 109 Å². The van der Waals surface area contributed by atoms with E-state index in [9.17, 15) is 4.79 Å². The third-order valence-corrected chi connectivity index (χ3v) is 9.18. The van der Waals surface area contributed by atoms with Crippen molar-refractivity contribution in [2.45, 2.75) is 45.7 Å². The van der Waals surface area contributed by atoms with Gasteiger partial charge in [0.2, 0.25) is 5.91 Å². The number of hydrogen-bond acceptors (Lipinski definition) is 6. The van der Waals surface area contributed by atoms with Crippen LogP contribution in [0.1, 0.15) is 47.0 Å². The van der Waals surface area contributed by atoms with E-state index in [1.807, 2.05) is 35.8 Å². The van der Waals surface area contributed by atoms with Gasteiger partial charge in [0.15, 0.2) is 5.82 Å². The fraction of sp³-hybridized carbons (Fsp3) is 0.429. The van der Waals surface area contributed by atoms with Crippen LogP contribution < -0.4 is 10.6 Å². The van der Waals surface area contributed by atoms with Gasteiger partial charge < -0.3 is 20.9 Å². The molecule has 1 saturated carbocycles. The molecule has 3 aromatic rings. The largest absolute Gasteiger partial charge is 0.398 e. The summed E-state index contributed by atoms with van der Waals surface area (Å²) in [6.07, 6.45) is 7.45. The molecule has 1 aromatic carbocycles. The van der Waals surface area contributed by atoms with Gasteiger partial charge >= 0.3 is 0 Å². The molecule has 1 amide bonds. The Bertz CT molecular complexity index is 1490. The van der Waals surface area contributed by atoms with Crippen LogP contribution in [-0.4, -0.2) is 56.2 Å². The van der Waals surface area contributed by atoms with Crippen LogP contribution in [-0.2, 0) is 24.8 Å². The highest BCUT2D eigenvalue weighted by Crippen LogP contribution is 2.55. The van der Waals surface area contributed by atoms with E-state index in [4.69, 9.17) is 27.8 Å². The molecule has 38 heavy (non-hydrogen) atoms. The maximum Gasteiger partial charge on any atom is 0.245 e. The summed E-state index contributed by atoms with van der Waals surface area (Å²) in [4.78, 5) is 16.1. The van der Waals surface area contributed by atoms with E-state index in [-0.39, 0.29) is 17.4 Å². The first-order valence-electron chi connectivity index (χ1n) is 13.0.